The summed E-state index contributed by atoms with van der Waals surface area (Å²) < 4.78 is 1.66. The Kier molecular flexibility index (Phi) is 5.06. The van der Waals surface area contributed by atoms with E-state index in [-0.39, 0.29) is 17.0 Å². The minimum absolute atomic E-state index is 0.176. The molecular formula is C25H26N4O2. The molecule has 3 heterocycles. The fourth-order valence-corrected chi connectivity index (χ4v) is 4.74. The third kappa shape index (κ3) is 3.52. The average Bonchev–Trinajstić information content (AvgIpc) is 3.29. The van der Waals surface area contributed by atoms with Crippen LogP contribution in [0, 0.1) is 6.92 Å². The van der Waals surface area contributed by atoms with Crippen LogP contribution < -0.4 is 10.5 Å². The summed E-state index contributed by atoms with van der Waals surface area (Å²) in [4.78, 5) is 35.2. The highest BCUT2D eigenvalue weighted by atomic mass is 16.2. The second-order valence-electron chi connectivity index (χ2n) is 8.28. The topological polar surface area (TPSA) is 58.4 Å². The summed E-state index contributed by atoms with van der Waals surface area (Å²) in [6.07, 6.45) is 6.73. The van der Waals surface area contributed by atoms with Gasteiger partial charge in [0.05, 0.1) is 5.69 Å². The molecule has 1 fully saturated rings. The van der Waals surface area contributed by atoms with Crippen LogP contribution in [-0.2, 0) is 12.8 Å². The summed E-state index contributed by atoms with van der Waals surface area (Å²) in [7, 11) is 0. The number of hydrogen-bond donors (Lipinski definition) is 0. The Hall–Kier alpha value is -3.41. The average molecular weight is 415 g/mol. The molecule has 2 aliphatic rings. The number of rotatable bonds is 3. The predicted molar refractivity (Wildman–Crippen MR) is 121 cm³/mol. The van der Waals surface area contributed by atoms with Crippen molar-refractivity contribution in [1.82, 2.24) is 14.5 Å². The van der Waals surface area contributed by atoms with Gasteiger partial charge < -0.3 is 9.80 Å². The molecule has 3 aromatic rings. The number of benzene rings is 1. The van der Waals surface area contributed by atoms with Gasteiger partial charge in [0.15, 0.2) is 0 Å². The minimum atomic E-state index is -0.225. The van der Waals surface area contributed by atoms with Gasteiger partial charge in [-0.15, -0.1) is 0 Å². The van der Waals surface area contributed by atoms with Crippen molar-refractivity contribution in [2.75, 3.05) is 31.1 Å². The van der Waals surface area contributed by atoms with Crippen LogP contribution in [-0.4, -0.2) is 46.5 Å². The molecule has 0 N–H and O–H groups in total. The Morgan fingerprint density at radius 3 is 2.58 bits per heavy atom. The van der Waals surface area contributed by atoms with Gasteiger partial charge in [0.2, 0.25) is 0 Å². The first-order valence-electron chi connectivity index (χ1n) is 10.9. The number of anilines is 1. The molecule has 0 atom stereocenters. The van der Waals surface area contributed by atoms with Crippen LogP contribution >= 0.6 is 0 Å². The molecule has 2 aromatic heterocycles. The zero-order chi connectivity index (χ0) is 21.4. The molecule has 0 spiro atoms. The van der Waals surface area contributed by atoms with Crippen LogP contribution in [0.4, 0.5) is 5.82 Å². The summed E-state index contributed by atoms with van der Waals surface area (Å²) in [5, 5.41) is 0. The molecule has 0 radical (unpaired) electrons. The molecule has 1 saturated heterocycles. The van der Waals surface area contributed by atoms with E-state index in [0.717, 1.165) is 36.3 Å². The summed E-state index contributed by atoms with van der Waals surface area (Å²) in [5.41, 5.74) is 4.24. The first-order chi connectivity index (χ1) is 15.1. The van der Waals surface area contributed by atoms with E-state index in [1.165, 1.54) is 11.1 Å². The van der Waals surface area contributed by atoms with Gasteiger partial charge in [-0.1, -0.05) is 18.2 Å². The highest BCUT2D eigenvalue weighted by Gasteiger charge is 2.27. The van der Waals surface area contributed by atoms with E-state index >= 15 is 0 Å². The van der Waals surface area contributed by atoms with Gasteiger partial charge in [0.25, 0.3) is 11.5 Å². The Bertz CT molecular complexity index is 1180. The van der Waals surface area contributed by atoms with Crippen LogP contribution in [0.1, 0.15) is 33.5 Å². The lowest BCUT2D eigenvalue weighted by molar-refractivity contribution is 0.0743. The second kappa shape index (κ2) is 8.02. The second-order valence-corrected chi connectivity index (χ2v) is 8.28. The molecule has 31 heavy (non-hydrogen) atoms. The number of carbonyl (C=O) groups is 1. The standard InChI is InChI=1S/C25H26N4O2/c1-18-11-13-29(21-9-5-7-19-6-4-8-20(19)21)25(31)23(18)24(30)28-16-14-27(15-17-28)22-10-2-3-12-26-22/h2-3,5,7,9-13H,4,6,8,14-17H2,1H3. The molecule has 0 bridgehead atoms. The quantitative estimate of drug-likeness (QED) is 0.661. The van der Waals surface area contributed by atoms with Crippen molar-refractivity contribution in [3.05, 3.63) is 87.5 Å². The van der Waals surface area contributed by atoms with Crippen molar-refractivity contribution in [1.29, 1.82) is 0 Å². The zero-order valence-electron chi connectivity index (χ0n) is 17.8. The molecule has 1 aromatic carbocycles. The Morgan fingerprint density at radius 1 is 0.968 bits per heavy atom. The molecule has 6 nitrogen and oxygen atoms in total. The lowest BCUT2D eigenvalue weighted by atomic mass is 10.1. The normalized spacial score (nSPS) is 15.8. The van der Waals surface area contributed by atoms with Crippen molar-refractivity contribution in [2.24, 2.45) is 0 Å². The fraction of sp³-hybridized carbons (Fsp3) is 0.320. The van der Waals surface area contributed by atoms with E-state index in [9.17, 15) is 9.59 Å². The number of aryl methyl sites for hydroxylation is 2. The number of fused-ring (bicyclic) bond motifs is 1. The number of nitrogens with zero attached hydrogens (tertiary/aromatic N) is 4. The van der Waals surface area contributed by atoms with Crippen LogP contribution in [0.2, 0.25) is 0 Å². The van der Waals surface area contributed by atoms with Crippen molar-refractivity contribution in [2.45, 2.75) is 26.2 Å². The smallest absolute Gasteiger partial charge is 0.268 e. The van der Waals surface area contributed by atoms with Crippen LogP contribution in [0.3, 0.4) is 0 Å². The highest BCUT2D eigenvalue weighted by Crippen LogP contribution is 2.27. The van der Waals surface area contributed by atoms with Gasteiger partial charge in [-0.25, -0.2) is 4.98 Å². The maximum absolute atomic E-state index is 13.5. The third-order valence-corrected chi connectivity index (χ3v) is 6.44. The predicted octanol–water partition coefficient (Wildman–Crippen LogP) is 2.99. The van der Waals surface area contributed by atoms with Crippen LogP contribution in [0.15, 0.2) is 59.7 Å². The van der Waals surface area contributed by atoms with Crippen LogP contribution in [0.5, 0.6) is 0 Å². The van der Waals surface area contributed by atoms with E-state index in [1.54, 1.807) is 21.9 Å². The molecule has 158 valence electrons. The lowest BCUT2D eigenvalue weighted by Gasteiger charge is -2.35. The largest absolute Gasteiger partial charge is 0.353 e. The number of hydrogen-bond acceptors (Lipinski definition) is 4. The molecule has 1 aliphatic carbocycles. The Morgan fingerprint density at radius 2 is 1.81 bits per heavy atom. The number of pyridine rings is 2. The van der Waals surface area contributed by atoms with E-state index in [1.807, 2.05) is 43.3 Å². The van der Waals surface area contributed by atoms with Crippen molar-refractivity contribution < 1.29 is 4.79 Å². The van der Waals surface area contributed by atoms with E-state index in [0.29, 0.717) is 26.2 Å². The Balaban J connectivity index is 1.42. The maximum Gasteiger partial charge on any atom is 0.268 e. The number of piperazine rings is 1. The van der Waals surface area contributed by atoms with Crippen molar-refractivity contribution in [3.8, 4) is 5.69 Å². The Labute approximate surface area is 181 Å². The molecule has 1 amide bonds. The van der Waals surface area contributed by atoms with E-state index in [4.69, 9.17) is 0 Å². The highest BCUT2D eigenvalue weighted by molar-refractivity contribution is 5.95. The van der Waals surface area contributed by atoms with Gasteiger partial charge in [0, 0.05) is 38.6 Å². The molecule has 0 unspecified atom stereocenters. The SMILES string of the molecule is Cc1ccn(-c2cccc3c2CCC3)c(=O)c1C(=O)N1CCN(c2ccccn2)CC1. The first kappa shape index (κ1) is 19.5. The first-order valence-corrected chi connectivity index (χ1v) is 10.9. The van der Waals surface area contributed by atoms with Crippen molar-refractivity contribution >= 4 is 11.7 Å². The number of amides is 1. The van der Waals surface area contributed by atoms with E-state index in [2.05, 4.69) is 16.0 Å². The van der Waals surface area contributed by atoms with Gasteiger partial charge >= 0.3 is 0 Å². The molecule has 0 saturated carbocycles. The summed E-state index contributed by atoms with van der Waals surface area (Å²) in [6, 6.07) is 13.9. The summed E-state index contributed by atoms with van der Waals surface area (Å²) in [6.45, 7) is 4.40. The summed E-state index contributed by atoms with van der Waals surface area (Å²) >= 11 is 0. The zero-order valence-corrected chi connectivity index (χ0v) is 17.8. The molecule has 5 rings (SSSR count). The fourth-order valence-electron chi connectivity index (χ4n) is 4.74. The third-order valence-electron chi connectivity index (χ3n) is 6.44. The monoisotopic (exact) mass is 414 g/mol. The minimum Gasteiger partial charge on any atom is -0.353 e. The summed E-state index contributed by atoms with van der Waals surface area (Å²) in [5.74, 6) is 0.746. The van der Waals surface area contributed by atoms with Gasteiger partial charge in [0.1, 0.15) is 11.4 Å². The molecular weight excluding hydrogens is 388 g/mol. The number of carbonyl (C=O) groups excluding carboxylic acids is 1. The van der Waals surface area contributed by atoms with Crippen molar-refractivity contribution in [3.63, 3.8) is 0 Å². The lowest BCUT2D eigenvalue weighted by Crippen LogP contribution is -2.50. The van der Waals surface area contributed by atoms with Gasteiger partial charge in [-0.05, 0) is 67.1 Å². The van der Waals surface area contributed by atoms with Gasteiger partial charge in [-0.2, -0.15) is 0 Å². The van der Waals surface area contributed by atoms with E-state index < -0.39 is 0 Å². The maximum atomic E-state index is 13.5. The van der Waals surface area contributed by atoms with Gasteiger partial charge in [-0.3, -0.25) is 14.2 Å². The number of aromatic nitrogens is 2. The van der Waals surface area contributed by atoms with Crippen LogP contribution in [0.25, 0.3) is 5.69 Å². The molecule has 6 heteroatoms. The molecule has 1 aliphatic heterocycles.